The standard InChI is InChI=1S/C26H24N2O5S/c1-14-21(25(30)32-3)23(22(15(2)27-14)26(31)33-4)17-6-5-7-18(12-17)24-28-20(13-34-24)16-8-10-19(29)11-9-16/h5-13,23,27,29H,1-4H3. The monoisotopic (exact) mass is 476 g/mol. The van der Waals surface area contributed by atoms with E-state index in [1.54, 1.807) is 26.0 Å². The van der Waals surface area contributed by atoms with Gasteiger partial charge in [-0.3, -0.25) is 0 Å². The molecule has 8 heteroatoms. The van der Waals surface area contributed by atoms with Crippen molar-refractivity contribution in [3.8, 4) is 27.6 Å². The summed E-state index contributed by atoms with van der Waals surface area (Å²) in [5, 5.41) is 15.4. The highest BCUT2D eigenvalue weighted by atomic mass is 32.1. The summed E-state index contributed by atoms with van der Waals surface area (Å²) in [6, 6.07) is 14.5. The number of benzene rings is 2. The van der Waals surface area contributed by atoms with Crippen molar-refractivity contribution in [1.82, 2.24) is 10.3 Å². The van der Waals surface area contributed by atoms with Crippen molar-refractivity contribution in [3.63, 3.8) is 0 Å². The summed E-state index contributed by atoms with van der Waals surface area (Å²) in [6.07, 6.45) is 0. The third-order valence-electron chi connectivity index (χ3n) is 5.71. The van der Waals surface area contributed by atoms with E-state index in [0.29, 0.717) is 22.5 Å². The van der Waals surface area contributed by atoms with Crippen LogP contribution in [0.25, 0.3) is 21.8 Å². The summed E-state index contributed by atoms with van der Waals surface area (Å²) >= 11 is 1.49. The molecule has 174 valence electrons. The summed E-state index contributed by atoms with van der Waals surface area (Å²) in [7, 11) is 2.64. The van der Waals surface area contributed by atoms with E-state index in [1.807, 2.05) is 41.8 Å². The Balaban J connectivity index is 1.79. The molecule has 0 atom stereocenters. The topological polar surface area (TPSA) is 97.8 Å². The fraction of sp³-hybridized carbons (Fsp3) is 0.192. The molecule has 2 N–H and O–H groups in total. The number of esters is 2. The van der Waals surface area contributed by atoms with Crippen LogP contribution in [0.1, 0.15) is 25.3 Å². The number of carbonyl (C=O) groups is 2. The average molecular weight is 477 g/mol. The second-order valence-electron chi connectivity index (χ2n) is 7.83. The Kier molecular flexibility index (Phi) is 6.51. The van der Waals surface area contributed by atoms with Gasteiger partial charge in [-0.1, -0.05) is 18.2 Å². The third-order valence-corrected chi connectivity index (χ3v) is 6.60. The van der Waals surface area contributed by atoms with Crippen LogP contribution < -0.4 is 5.32 Å². The molecule has 0 saturated heterocycles. The summed E-state index contributed by atoms with van der Waals surface area (Å²) in [4.78, 5) is 30.2. The van der Waals surface area contributed by atoms with Crippen LogP contribution in [0.4, 0.5) is 0 Å². The minimum atomic E-state index is -0.655. The molecule has 0 amide bonds. The molecule has 0 radical (unpaired) electrons. The van der Waals surface area contributed by atoms with E-state index in [9.17, 15) is 14.7 Å². The lowest BCUT2D eigenvalue weighted by Crippen LogP contribution is -2.32. The van der Waals surface area contributed by atoms with Crippen molar-refractivity contribution in [1.29, 1.82) is 0 Å². The number of methoxy groups -OCH3 is 2. The number of carbonyl (C=O) groups excluding carboxylic acids is 2. The van der Waals surface area contributed by atoms with Gasteiger partial charge < -0.3 is 19.9 Å². The third kappa shape index (κ3) is 4.32. The van der Waals surface area contributed by atoms with Crippen LogP contribution in [-0.4, -0.2) is 36.2 Å². The van der Waals surface area contributed by atoms with Gasteiger partial charge in [0, 0.05) is 27.9 Å². The number of nitrogens with one attached hydrogen (secondary N) is 1. The lowest BCUT2D eigenvalue weighted by Gasteiger charge is -2.30. The van der Waals surface area contributed by atoms with Crippen LogP contribution in [0.5, 0.6) is 5.75 Å². The first-order valence-electron chi connectivity index (χ1n) is 10.5. The zero-order valence-corrected chi connectivity index (χ0v) is 20.0. The quantitative estimate of drug-likeness (QED) is 0.512. The molecule has 1 aliphatic heterocycles. The molecule has 0 bridgehead atoms. The number of thiazole rings is 1. The normalized spacial score (nSPS) is 14.1. The van der Waals surface area contributed by atoms with Crippen molar-refractivity contribution >= 4 is 23.3 Å². The van der Waals surface area contributed by atoms with Gasteiger partial charge in [-0.05, 0) is 49.7 Å². The lowest BCUT2D eigenvalue weighted by atomic mass is 9.80. The molecular formula is C26H24N2O5S. The molecule has 1 aliphatic rings. The SMILES string of the molecule is COC(=O)C1=C(C)NC(C)=C(C(=O)OC)C1c1cccc(-c2nc(-c3ccc(O)cc3)cs2)c1. The molecule has 1 aromatic heterocycles. The number of aromatic hydroxyl groups is 1. The highest BCUT2D eigenvalue weighted by Crippen LogP contribution is 2.40. The summed E-state index contributed by atoms with van der Waals surface area (Å²) in [5.41, 5.74) is 5.25. The van der Waals surface area contributed by atoms with E-state index in [2.05, 4.69) is 5.32 Å². The Morgan fingerprint density at radius 2 is 1.56 bits per heavy atom. The van der Waals surface area contributed by atoms with Gasteiger partial charge in [0.25, 0.3) is 0 Å². The van der Waals surface area contributed by atoms with E-state index in [-0.39, 0.29) is 5.75 Å². The van der Waals surface area contributed by atoms with E-state index in [4.69, 9.17) is 14.5 Å². The van der Waals surface area contributed by atoms with Crippen LogP contribution in [-0.2, 0) is 19.1 Å². The predicted octanol–water partition coefficient (Wildman–Crippen LogP) is 4.76. The van der Waals surface area contributed by atoms with Gasteiger partial charge in [-0.15, -0.1) is 11.3 Å². The number of dihydropyridines is 1. The van der Waals surface area contributed by atoms with E-state index in [1.165, 1.54) is 25.6 Å². The Hall–Kier alpha value is -3.91. The first kappa shape index (κ1) is 23.3. The van der Waals surface area contributed by atoms with Crippen LogP contribution in [0.3, 0.4) is 0 Å². The van der Waals surface area contributed by atoms with Crippen LogP contribution in [0, 0.1) is 0 Å². The maximum atomic E-state index is 12.7. The molecule has 2 heterocycles. The highest BCUT2D eigenvalue weighted by Gasteiger charge is 2.37. The molecule has 7 nitrogen and oxygen atoms in total. The molecule has 2 aromatic carbocycles. The maximum Gasteiger partial charge on any atom is 0.336 e. The Morgan fingerprint density at radius 3 is 2.15 bits per heavy atom. The fourth-order valence-electron chi connectivity index (χ4n) is 4.11. The van der Waals surface area contributed by atoms with Gasteiger partial charge in [0.15, 0.2) is 0 Å². The van der Waals surface area contributed by atoms with Crippen molar-refractivity contribution in [2.24, 2.45) is 0 Å². The minimum Gasteiger partial charge on any atom is -0.508 e. The number of hydrogen-bond donors (Lipinski definition) is 2. The van der Waals surface area contributed by atoms with Crippen LogP contribution in [0.2, 0.25) is 0 Å². The van der Waals surface area contributed by atoms with Gasteiger partial charge in [0.1, 0.15) is 10.8 Å². The van der Waals surface area contributed by atoms with Crippen molar-refractivity contribution in [2.75, 3.05) is 14.2 Å². The Labute approximate surface area is 201 Å². The van der Waals surface area contributed by atoms with Crippen LogP contribution in [0.15, 0.2) is 76.5 Å². The summed E-state index contributed by atoms with van der Waals surface area (Å²) in [6.45, 7) is 3.57. The zero-order valence-electron chi connectivity index (χ0n) is 19.2. The van der Waals surface area contributed by atoms with E-state index < -0.39 is 17.9 Å². The number of rotatable bonds is 5. The van der Waals surface area contributed by atoms with Crippen molar-refractivity contribution in [3.05, 3.63) is 82.0 Å². The molecule has 0 unspecified atom stereocenters. The van der Waals surface area contributed by atoms with E-state index in [0.717, 1.165) is 27.4 Å². The number of hydrogen-bond acceptors (Lipinski definition) is 8. The smallest absolute Gasteiger partial charge is 0.336 e. The zero-order chi connectivity index (χ0) is 24.4. The molecule has 0 spiro atoms. The second-order valence-corrected chi connectivity index (χ2v) is 8.69. The number of ether oxygens (including phenoxy) is 2. The van der Waals surface area contributed by atoms with Gasteiger partial charge in [-0.2, -0.15) is 0 Å². The van der Waals surface area contributed by atoms with Crippen molar-refractivity contribution in [2.45, 2.75) is 19.8 Å². The highest BCUT2D eigenvalue weighted by molar-refractivity contribution is 7.13. The lowest BCUT2D eigenvalue weighted by molar-refractivity contribution is -0.137. The number of aromatic nitrogens is 1. The first-order valence-corrected chi connectivity index (χ1v) is 11.4. The minimum absolute atomic E-state index is 0.198. The van der Waals surface area contributed by atoms with Gasteiger partial charge in [0.05, 0.1) is 37.0 Å². The predicted molar refractivity (Wildman–Crippen MR) is 130 cm³/mol. The molecule has 0 fully saturated rings. The van der Waals surface area contributed by atoms with Gasteiger partial charge in [0.2, 0.25) is 0 Å². The average Bonchev–Trinajstić information content (AvgIpc) is 3.33. The van der Waals surface area contributed by atoms with Crippen LogP contribution >= 0.6 is 11.3 Å². The molecular weight excluding hydrogens is 452 g/mol. The number of phenols is 1. The van der Waals surface area contributed by atoms with E-state index >= 15 is 0 Å². The summed E-state index contributed by atoms with van der Waals surface area (Å²) < 4.78 is 10.1. The first-order chi connectivity index (χ1) is 16.3. The van der Waals surface area contributed by atoms with Gasteiger partial charge >= 0.3 is 11.9 Å². The summed E-state index contributed by atoms with van der Waals surface area (Å²) in [5.74, 6) is -1.49. The number of nitrogens with zero attached hydrogens (tertiary/aromatic N) is 1. The van der Waals surface area contributed by atoms with Gasteiger partial charge in [-0.25, -0.2) is 14.6 Å². The molecule has 34 heavy (non-hydrogen) atoms. The largest absolute Gasteiger partial charge is 0.508 e. The van der Waals surface area contributed by atoms with Crippen molar-refractivity contribution < 1.29 is 24.2 Å². The second kappa shape index (κ2) is 9.52. The number of phenolic OH excluding ortho intramolecular Hbond substituents is 1. The molecule has 4 rings (SSSR count). The maximum absolute atomic E-state index is 12.7. The fourth-order valence-corrected chi connectivity index (χ4v) is 4.94. The molecule has 0 aliphatic carbocycles. The number of allylic oxidation sites excluding steroid dienone is 2. The molecule has 3 aromatic rings. The molecule has 0 saturated carbocycles. The Bertz CT molecular complexity index is 1280. The Morgan fingerprint density at radius 1 is 0.941 bits per heavy atom.